The van der Waals surface area contributed by atoms with Gasteiger partial charge in [-0.3, -0.25) is 14.3 Å². The zero-order valence-corrected chi connectivity index (χ0v) is 10.9. The lowest BCUT2D eigenvalue weighted by Crippen LogP contribution is -2.36. The van der Waals surface area contributed by atoms with Gasteiger partial charge < -0.3 is 14.2 Å². The molecule has 19 heavy (non-hydrogen) atoms. The molecule has 1 fully saturated rings. The van der Waals surface area contributed by atoms with Crippen LogP contribution in [-0.4, -0.2) is 40.0 Å². The van der Waals surface area contributed by atoms with Gasteiger partial charge in [0.1, 0.15) is 5.69 Å². The van der Waals surface area contributed by atoms with Gasteiger partial charge in [0.05, 0.1) is 18.1 Å². The molecule has 0 aromatic heterocycles. The van der Waals surface area contributed by atoms with Crippen LogP contribution < -0.4 is 4.90 Å². The van der Waals surface area contributed by atoms with Crippen molar-refractivity contribution in [1.29, 1.82) is 0 Å². The first kappa shape index (κ1) is 13.9. The number of morpholine rings is 1. The van der Waals surface area contributed by atoms with E-state index in [1.165, 1.54) is 12.1 Å². The second kappa shape index (κ2) is 6.09. The smallest absolute Gasteiger partial charge is 0.292 e. The molecule has 8 heteroatoms. The Balaban J connectivity index is 2.34. The van der Waals surface area contributed by atoms with E-state index in [4.69, 9.17) is 4.74 Å². The standard InChI is InChI=1S/C11H14N2O5S/c14-13(15)10-2-1-9(8-19(16)17)7-11(10)12-3-5-18-6-4-12/h1-2,7H,3-6,8H2,(H,16,17)/p-1. The lowest BCUT2D eigenvalue weighted by atomic mass is 10.1. The van der Waals surface area contributed by atoms with E-state index < -0.39 is 16.0 Å². The predicted octanol–water partition coefficient (Wildman–Crippen LogP) is 0.811. The molecule has 104 valence electrons. The summed E-state index contributed by atoms with van der Waals surface area (Å²) in [6, 6.07) is 4.39. The highest BCUT2D eigenvalue weighted by atomic mass is 32.2. The Morgan fingerprint density at radius 3 is 2.63 bits per heavy atom. The van der Waals surface area contributed by atoms with E-state index in [9.17, 15) is 18.9 Å². The Morgan fingerprint density at radius 2 is 2.05 bits per heavy atom. The van der Waals surface area contributed by atoms with E-state index in [0.29, 0.717) is 37.6 Å². The molecular formula is C11H13N2O5S-. The Morgan fingerprint density at radius 1 is 1.37 bits per heavy atom. The average molecular weight is 285 g/mol. The number of anilines is 1. The fourth-order valence-corrected chi connectivity index (χ4v) is 2.46. The first-order chi connectivity index (χ1) is 9.08. The van der Waals surface area contributed by atoms with Crippen LogP contribution in [0, 0.1) is 10.1 Å². The van der Waals surface area contributed by atoms with Gasteiger partial charge in [0.2, 0.25) is 0 Å². The van der Waals surface area contributed by atoms with Crippen LogP contribution in [-0.2, 0) is 21.6 Å². The van der Waals surface area contributed by atoms with Crippen LogP contribution in [0.2, 0.25) is 0 Å². The lowest BCUT2D eigenvalue weighted by molar-refractivity contribution is -0.384. The summed E-state index contributed by atoms with van der Waals surface area (Å²) in [7, 11) is 0. The Kier molecular flexibility index (Phi) is 4.46. The van der Waals surface area contributed by atoms with Crippen LogP contribution in [0.25, 0.3) is 0 Å². The maximum atomic E-state index is 11.0. The van der Waals surface area contributed by atoms with E-state index in [1.54, 1.807) is 6.07 Å². The van der Waals surface area contributed by atoms with Gasteiger partial charge >= 0.3 is 0 Å². The largest absolute Gasteiger partial charge is 0.772 e. The van der Waals surface area contributed by atoms with Gasteiger partial charge in [0.25, 0.3) is 5.69 Å². The first-order valence-corrected chi connectivity index (χ1v) is 6.98. The third-order valence-corrected chi connectivity index (χ3v) is 3.44. The van der Waals surface area contributed by atoms with E-state index >= 15 is 0 Å². The normalized spacial score (nSPS) is 17.2. The second-order valence-electron chi connectivity index (χ2n) is 4.13. The van der Waals surface area contributed by atoms with E-state index in [0.717, 1.165) is 0 Å². The molecule has 0 saturated carbocycles. The van der Waals surface area contributed by atoms with Crippen molar-refractivity contribution in [2.24, 2.45) is 0 Å². The molecule has 1 aromatic carbocycles. The van der Waals surface area contributed by atoms with Crippen LogP contribution >= 0.6 is 0 Å². The van der Waals surface area contributed by atoms with Crippen LogP contribution in [0.5, 0.6) is 0 Å². The van der Waals surface area contributed by atoms with Gasteiger partial charge in [-0.2, -0.15) is 0 Å². The van der Waals surface area contributed by atoms with Crippen molar-refractivity contribution in [3.05, 3.63) is 33.9 Å². The molecule has 0 aliphatic carbocycles. The Hall–Kier alpha value is -1.51. The molecule has 0 radical (unpaired) electrons. The highest BCUT2D eigenvalue weighted by Crippen LogP contribution is 2.30. The summed E-state index contributed by atoms with van der Waals surface area (Å²) in [4.78, 5) is 12.4. The van der Waals surface area contributed by atoms with Crippen molar-refractivity contribution < 1.29 is 18.4 Å². The quantitative estimate of drug-likeness (QED) is 0.461. The zero-order valence-electron chi connectivity index (χ0n) is 10.1. The topological polar surface area (TPSA) is 95.7 Å². The van der Waals surface area contributed by atoms with Crippen molar-refractivity contribution in [3.63, 3.8) is 0 Å². The molecule has 1 aromatic rings. The molecule has 1 heterocycles. The molecule has 0 spiro atoms. The van der Waals surface area contributed by atoms with Crippen molar-refractivity contribution in [3.8, 4) is 0 Å². The minimum absolute atomic E-state index is 0.0117. The third-order valence-electron chi connectivity index (χ3n) is 2.87. The number of hydrogen-bond donors (Lipinski definition) is 0. The minimum Gasteiger partial charge on any atom is -0.772 e. The summed E-state index contributed by atoms with van der Waals surface area (Å²) in [6.45, 7) is 2.14. The summed E-state index contributed by atoms with van der Waals surface area (Å²) in [6.07, 6.45) is 0. The van der Waals surface area contributed by atoms with Gasteiger partial charge in [0, 0.05) is 24.9 Å². The van der Waals surface area contributed by atoms with Gasteiger partial charge in [-0.05, 0) is 11.6 Å². The maximum absolute atomic E-state index is 11.0. The van der Waals surface area contributed by atoms with Crippen LogP contribution in [0.1, 0.15) is 5.56 Å². The van der Waals surface area contributed by atoms with Crippen molar-refractivity contribution in [2.45, 2.75) is 5.75 Å². The highest BCUT2D eigenvalue weighted by molar-refractivity contribution is 7.78. The number of nitro groups is 1. The van der Waals surface area contributed by atoms with Gasteiger partial charge in [-0.25, -0.2) is 0 Å². The average Bonchev–Trinajstić information content (AvgIpc) is 2.38. The Labute approximate surface area is 112 Å². The van der Waals surface area contributed by atoms with Crippen molar-refractivity contribution in [2.75, 3.05) is 31.2 Å². The minimum atomic E-state index is -2.21. The van der Waals surface area contributed by atoms with Crippen LogP contribution in [0.15, 0.2) is 18.2 Å². The van der Waals surface area contributed by atoms with E-state index in [2.05, 4.69) is 0 Å². The summed E-state index contributed by atoms with van der Waals surface area (Å²) >= 11 is -2.21. The van der Waals surface area contributed by atoms with Gasteiger partial charge in [-0.15, -0.1) is 0 Å². The summed E-state index contributed by atoms with van der Waals surface area (Å²) in [5.74, 6) is -0.144. The molecule has 0 N–H and O–H groups in total. The van der Waals surface area contributed by atoms with Crippen LogP contribution in [0.3, 0.4) is 0 Å². The molecule has 1 aliphatic heterocycles. The number of ether oxygens (including phenoxy) is 1. The van der Waals surface area contributed by atoms with Crippen molar-refractivity contribution >= 4 is 22.5 Å². The fraction of sp³-hybridized carbons (Fsp3) is 0.455. The summed E-state index contributed by atoms with van der Waals surface area (Å²) < 4.78 is 26.6. The molecule has 1 atom stereocenters. The first-order valence-electron chi connectivity index (χ1n) is 5.74. The van der Waals surface area contributed by atoms with Crippen molar-refractivity contribution in [1.82, 2.24) is 0 Å². The highest BCUT2D eigenvalue weighted by Gasteiger charge is 2.21. The van der Waals surface area contributed by atoms with Gasteiger partial charge in [-0.1, -0.05) is 17.1 Å². The van der Waals surface area contributed by atoms with E-state index in [1.807, 2.05) is 4.90 Å². The molecule has 0 bridgehead atoms. The summed E-state index contributed by atoms with van der Waals surface area (Å²) in [5, 5.41) is 11.0. The molecule has 1 saturated heterocycles. The number of rotatable bonds is 4. The number of nitro benzene ring substituents is 1. The molecule has 2 rings (SSSR count). The lowest BCUT2D eigenvalue weighted by Gasteiger charge is -2.28. The number of nitrogens with zero attached hydrogens (tertiary/aromatic N) is 2. The Bertz CT molecular complexity index is 502. The molecule has 7 nitrogen and oxygen atoms in total. The fourth-order valence-electron chi connectivity index (χ4n) is 2.01. The molecule has 0 amide bonds. The zero-order chi connectivity index (χ0) is 13.8. The monoisotopic (exact) mass is 285 g/mol. The second-order valence-corrected chi connectivity index (χ2v) is 5.02. The molecular weight excluding hydrogens is 272 g/mol. The van der Waals surface area contributed by atoms with Crippen LogP contribution in [0.4, 0.5) is 11.4 Å². The SMILES string of the molecule is O=[N+]([O-])c1ccc(CS(=O)[O-])cc1N1CCOCC1. The molecule has 1 aliphatic rings. The van der Waals surface area contributed by atoms with Gasteiger partial charge in [0.15, 0.2) is 0 Å². The summed E-state index contributed by atoms with van der Waals surface area (Å²) in [5.41, 5.74) is 0.985. The number of benzene rings is 1. The predicted molar refractivity (Wildman–Crippen MR) is 68.8 cm³/mol. The molecule has 1 unspecified atom stereocenters. The number of hydrogen-bond acceptors (Lipinski definition) is 6. The van der Waals surface area contributed by atoms with E-state index in [-0.39, 0.29) is 11.4 Å². The maximum Gasteiger partial charge on any atom is 0.292 e. The third kappa shape index (κ3) is 3.49.